The number of urea groups is 1. The van der Waals surface area contributed by atoms with Crippen LogP contribution in [-0.2, 0) is 18.4 Å². The molecule has 3 aromatic carbocycles. The molecular weight excluding hydrogens is 422 g/mol. The number of carbonyl (C=O) groups excluding carboxylic acids is 1. The van der Waals surface area contributed by atoms with Crippen molar-refractivity contribution in [1.82, 2.24) is 15.3 Å². The summed E-state index contributed by atoms with van der Waals surface area (Å²) in [7, 11) is 1.67. The average Bonchev–Trinajstić information content (AvgIpc) is 3.17. The molecule has 1 N–H and O–H groups in total. The number of carbonyl (C=O) groups is 1. The molecule has 5 nitrogen and oxygen atoms in total. The van der Waals surface area contributed by atoms with Crippen molar-refractivity contribution in [1.29, 1.82) is 0 Å². The van der Waals surface area contributed by atoms with E-state index in [0.29, 0.717) is 19.6 Å². The summed E-state index contributed by atoms with van der Waals surface area (Å²) < 4.78 is 5.27. The van der Waals surface area contributed by atoms with Crippen LogP contribution in [0.3, 0.4) is 0 Å². The molecule has 0 spiro atoms. The summed E-state index contributed by atoms with van der Waals surface area (Å²) in [5, 5.41) is 1.77. The van der Waals surface area contributed by atoms with Gasteiger partial charge in [0, 0.05) is 13.1 Å². The van der Waals surface area contributed by atoms with Crippen molar-refractivity contribution < 1.29 is 9.53 Å². The Morgan fingerprint density at radius 3 is 2.21 bits per heavy atom. The maximum Gasteiger partial charge on any atom is 0.335 e. The summed E-state index contributed by atoms with van der Waals surface area (Å²) in [4.78, 5) is 15.4. The first kappa shape index (κ1) is 23.8. The van der Waals surface area contributed by atoms with Gasteiger partial charge < -0.3 is 9.64 Å². The zero-order valence-electron chi connectivity index (χ0n) is 20.6. The molecule has 34 heavy (non-hydrogen) atoms. The van der Waals surface area contributed by atoms with Crippen LogP contribution in [0.5, 0.6) is 5.75 Å². The van der Waals surface area contributed by atoms with Crippen molar-refractivity contribution in [2.75, 3.05) is 20.2 Å². The van der Waals surface area contributed by atoms with Crippen molar-refractivity contribution >= 4 is 6.03 Å². The highest BCUT2D eigenvalue weighted by Crippen LogP contribution is 2.31. The largest absolute Gasteiger partial charge is 0.497 e. The van der Waals surface area contributed by atoms with E-state index < -0.39 is 0 Å². The molecule has 1 heterocycles. The lowest BCUT2D eigenvalue weighted by Gasteiger charge is -2.25. The first-order valence-electron chi connectivity index (χ1n) is 11.9. The normalized spacial score (nSPS) is 16.2. The molecular formula is C29H35N3O2. The molecule has 1 unspecified atom stereocenters. The summed E-state index contributed by atoms with van der Waals surface area (Å²) in [6, 6.07) is 27.0. The van der Waals surface area contributed by atoms with E-state index in [9.17, 15) is 4.79 Å². The number of nitrogens with zero attached hydrogens (tertiary/aromatic N) is 2. The van der Waals surface area contributed by atoms with Gasteiger partial charge in [-0.3, -0.25) is 5.01 Å². The summed E-state index contributed by atoms with van der Waals surface area (Å²) in [5.74, 6) is 0.842. The predicted octanol–water partition coefficient (Wildman–Crippen LogP) is 5.72. The molecule has 0 radical (unpaired) electrons. The quantitative estimate of drug-likeness (QED) is 0.471. The van der Waals surface area contributed by atoms with Crippen LogP contribution in [0, 0.1) is 0 Å². The minimum absolute atomic E-state index is 0.00281. The second-order valence-corrected chi connectivity index (χ2v) is 9.89. The molecule has 0 bridgehead atoms. The highest BCUT2D eigenvalue weighted by Gasteiger charge is 2.38. The SMILES string of the molecule is COc1ccc(CCN2C(=O)N(NCc3ccccc3)CC2c2ccc(C(C)(C)C)cc2)cc1. The molecule has 5 heteroatoms. The van der Waals surface area contributed by atoms with Crippen LogP contribution < -0.4 is 10.2 Å². The summed E-state index contributed by atoms with van der Waals surface area (Å²) in [6.45, 7) is 8.55. The van der Waals surface area contributed by atoms with Gasteiger partial charge in [0.1, 0.15) is 5.75 Å². The minimum atomic E-state index is 0.00281. The van der Waals surface area contributed by atoms with Gasteiger partial charge in [0.15, 0.2) is 0 Å². The summed E-state index contributed by atoms with van der Waals surface area (Å²) in [5.41, 5.74) is 8.25. The molecule has 1 saturated heterocycles. The van der Waals surface area contributed by atoms with Crippen molar-refractivity contribution in [2.24, 2.45) is 0 Å². The Labute approximate surface area is 203 Å². The Bertz CT molecular complexity index is 1070. The highest BCUT2D eigenvalue weighted by atomic mass is 16.5. The van der Waals surface area contributed by atoms with Crippen molar-refractivity contribution in [3.05, 3.63) is 101 Å². The first-order valence-corrected chi connectivity index (χ1v) is 11.9. The average molecular weight is 458 g/mol. The highest BCUT2D eigenvalue weighted by molar-refractivity contribution is 5.77. The first-order chi connectivity index (χ1) is 16.3. The van der Waals surface area contributed by atoms with Gasteiger partial charge in [0.05, 0.1) is 19.7 Å². The summed E-state index contributed by atoms with van der Waals surface area (Å²) >= 11 is 0. The lowest BCUT2D eigenvalue weighted by atomic mass is 9.86. The Morgan fingerprint density at radius 1 is 0.912 bits per heavy atom. The van der Waals surface area contributed by atoms with Gasteiger partial charge in [-0.05, 0) is 46.2 Å². The number of hydrazine groups is 1. The van der Waals surface area contributed by atoms with E-state index in [4.69, 9.17) is 4.74 Å². The number of hydrogen-bond acceptors (Lipinski definition) is 3. The third-order valence-electron chi connectivity index (χ3n) is 6.49. The molecule has 0 aliphatic carbocycles. The third-order valence-corrected chi connectivity index (χ3v) is 6.49. The van der Waals surface area contributed by atoms with Gasteiger partial charge >= 0.3 is 6.03 Å². The van der Waals surface area contributed by atoms with Gasteiger partial charge in [-0.2, -0.15) is 0 Å². The van der Waals surface area contributed by atoms with Crippen LogP contribution in [0.2, 0.25) is 0 Å². The third kappa shape index (κ3) is 5.60. The van der Waals surface area contributed by atoms with Crippen LogP contribution in [0.25, 0.3) is 0 Å². The molecule has 1 aliphatic heterocycles. The van der Waals surface area contributed by atoms with Crippen LogP contribution in [-0.4, -0.2) is 36.1 Å². The van der Waals surface area contributed by atoms with Gasteiger partial charge in [-0.15, -0.1) is 0 Å². The maximum atomic E-state index is 13.4. The number of nitrogens with one attached hydrogen (secondary N) is 1. The summed E-state index contributed by atoms with van der Waals surface area (Å²) in [6.07, 6.45) is 0.791. The van der Waals surface area contributed by atoms with Crippen molar-refractivity contribution in [2.45, 2.75) is 45.2 Å². The fourth-order valence-corrected chi connectivity index (χ4v) is 4.34. The molecule has 1 aliphatic rings. The smallest absolute Gasteiger partial charge is 0.335 e. The zero-order chi connectivity index (χ0) is 24.1. The molecule has 0 aromatic heterocycles. The van der Waals surface area contributed by atoms with Gasteiger partial charge in [-0.1, -0.05) is 87.5 Å². The molecule has 3 aromatic rings. The number of ether oxygens (including phenoxy) is 1. The van der Waals surface area contributed by atoms with Gasteiger partial charge in [0.2, 0.25) is 0 Å². The lowest BCUT2D eigenvalue weighted by molar-refractivity contribution is 0.171. The standard InChI is InChI=1S/C29H35N3O2/c1-29(2,3)25-14-12-24(13-15-25)27-21-32(30-20-23-8-6-5-7-9-23)28(33)31(27)19-18-22-10-16-26(34-4)17-11-22/h5-17,27,30H,18-21H2,1-4H3. The topological polar surface area (TPSA) is 44.8 Å². The van der Waals surface area contributed by atoms with Crippen molar-refractivity contribution in [3.63, 3.8) is 0 Å². The van der Waals surface area contributed by atoms with Gasteiger partial charge in [0.25, 0.3) is 0 Å². The predicted molar refractivity (Wildman–Crippen MR) is 137 cm³/mol. The fraction of sp³-hybridized carbons (Fsp3) is 0.345. The van der Waals surface area contributed by atoms with Crippen molar-refractivity contribution in [3.8, 4) is 5.75 Å². The monoisotopic (exact) mass is 457 g/mol. The van der Waals surface area contributed by atoms with E-state index in [1.54, 1.807) is 12.1 Å². The molecule has 1 fully saturated rings. The molecule has 2 amide bonds. The Kier molecular flexibility index (Phi) is 7.23. The Balaban J connectivity index is 1.51. The number of benzene rings is 3. The molecule has 1 atom stereocenters. The molecule has 178 valence electrons. The number of methoxy groups -OCH3 is 1. The van der Waals surface area contributed by atoms with E-state index in [1.165, 1.54) is 16.7 Å². The van der Waals surface area contributed by atoms with E-state index >= 15 is 0 Å². The molecule has 4 rings (SSSR count). The number of rotatable bonds is 8. The number of amides is 2. The fourth-order valence-electron chi connectivity index (χ4n) is 4.34. The van der Waals surface area contributed by atoms with E-state index in [2.05, 4.69) is 74.7 Å². The minimum Gasteiger partial charge on any atom is -0.497 e. The lowest BCUT2D eigenvalue weighted by Crippen LogP contribution is -2.41. The zero-order valence-corrected chi connectivity index (χ0v) is 20.6. The second-order valence-electron chi connectivity index (χ2n) is 9.89. The van der Waals surface area contributed by atoms with Crippen LogP contribution >= 0.6 is 0 Å². The van der Waals surface area contributed by atoms with E-state index in [0.717, 1.165) is 17.7 Å². The van der Waals surface area contributed by atoms with Crippen LogP contribution in [0.15, 0.2) is 78.9 Å². The number of hydrogen-bond donors (Lipinski definition) is 1. The Hall–Kier alpha value is -3.31. The van der Waals surface area contributed by atoms with E-state index in [-0.39, 0.29) is 17.5 Å². The maximum absolute atomic E-state index is 13.4. The molecule has 0 saturated carbocycles. The van der Waals surface area contributed by atoms with Crippen LogP contribution in [0.4, 0.5) is 4.79 Å². The Morgan fingerprint density at radius 2 is 1.59 bits per heavy atom. The van der Waals surface area contributed by atoms with Gasteiger partial charge in [-0.25, -0.2) is 10.2 Å². The second kappa shape index (κ2) is 10.3. The van der Waals surface area contributed by atoms with Crippen LogP contribution in [0.1, 0.15) is 49.1 Å². The van der Waals surface area contributed by atoms with E-state index in [1.807, 2.05) is 35.2 Å².